The number of aliphatic hydroxyl groups is 5. The second-order valence-corrected chi connectivity index (χ2v) is 16.5. The van der Waals surface area contributed by atoms with E-state index in [1.165, 1.54) is 0 Å². The van der Waals surface area contributed by atoms with E-state index in [1.807, 2.05) is 18.2 Å². The van der Waals surface area contributed by atoms with Crippen molar-refractivity contribution < 1.29 is 63.1 Å². The predicted molar refractivity (Wildman–Crippen MR) is 248 cm³/mol. The van der Waals surface area contributed by atoms with Gasteiger partial charge < -0.3 is 39.9 Å². The molecule has 6 N–H and O–H groups in total. The number of aliphatic hydroxyl groups excluding tert-OH is 5. The number of rotatable bonds is 35. The molecule has 0 aromatic carbocycles. The second-order valence-electron chi connectivity index (χ2n) is 15.1. The van der Waals surface area contributed by atoms with Crippen molar-refractivity contribution in [3.05, 3.63) is 109 Å². The molecule has 1 aliphatic rings. The van der Waals surface area contributed by atoms with Crippen molar-refractivity contribution in [3.63, 3.8) is 0 Å². The maximum Gasteiger partial charge on any atom is 0.472 e. The molecule has 0 aromatic rings. The number of carbonyl (C=O) groups excluding carboxylic acids is 2. The lowest BCUT2D eigenvalue weighted by atomic mass is 9.85. The summed E-state index contributed by atoms with van der Waals surface area (Å²) in [6.45, 7) is 2.97. The number of carbonyl (C=O) groups is 2. The summed E-state index contributed by atoms with van der Waals surface area (Å²) in [5.41, 5.74) is 0. The summed E-state index contributed by atoms with van der Waals surface area (Å²) in [5, 5.41) is 50.1. The van der Waals surface area contributed by atoms with Gasteiger partial charge in [0.2, 0.25) is 0 Å². The highest BCUT2D eigenvalue weighted by Crippen LogP contribution is 2.47. The van der Waals surface area contributed by atoms with Crippen molar-refractivity contribution in [2.75, 3.05) is 13.2 Å². The third-order valence-electron chi connectivity index (χ3n) is 9.62. The molecule has 63 heavy (non-hydrogen) atoms. The second kappa shape index (κ2) is 37.8. The number of phosphoric ester groups is 1. The van der Waals surface area contributed by atoms with E-state index in [2.05, 4.69) is 105 Å². The molecule has 1 aliphatic carbocycles. The van der Waals surface area contributed by atoms with E-state index in [4.69, 9.17) is 18.5 Å². The van der Waals surface area contributed by atoms with Gasteiger partial charge in [0.25, 0.3) is 0 Å². The van der Waals surface area contributed by atoms with Gasteiger partial charge in [0, 0.05) is 12.8 Å². The van der Waals surface area contributed by atoms with Crippen LogP contribution in [0.2, 0.25) is 0 Å². The van der Waals surface area contributed by atoms with Crippen LogP contribution in [0.25, 0.3) is 0 Å². The molecule has 13 nitrogen and oxygen atoms in total. The predicted octanol–water partition coefficient (Wildman–Crippen LogP) is 8.83. The first kappa shape index (κ1) is 57.5. The Balaban J connectivity index is 2.54. The number of phosphoric acid groups is 1. The molecule has 8 atom stereocenters. The molecule has 0 spiro atoms. The quantitative estimate of drug-likeness (QED) is 0.0152. The van der Waals surface area contributed by atoms with Gasteiger partial charge >= 0.3 is 19.8 Å². The van der Waals surface area contributed by atoms with Crippen LogP contribution in [0, 0.1) is 0 Å². The highest BCUT2D eigenvalue weighted by Gasteiger charge is 2.51. The van der Waals surface area contributed by atoms with Crippen molar-refractivity contribution in [2.45, 2.75) is 172 Å². The highest BCUT2D eigenvalue weighted by molar-refractivity contribution is 7.47. The molecule has 0 saturated heterocycles. The summed E-state index contributed by atoms with van der Waals surface area (Å²) < 4.78 is 33.4. The molecule has 0 aliphatic heterocycles. The fraction of sp³-hybridized carbons (Fsp3) is 0.592. The Bertz CT molecular complexity index is 1510. The van der Waals surface area contributed by atoms with Gasteiger partial charge in [-0.05, 0) is 83.5 Å². The van der Waals surface area contributed by atoms with E-state index in [-0.39, 0.29) is 12.8 Å². The van der Waals surface area contributed by atoms with E-state index in [1.54, 1.807) is 0 Å². The Hall–Kier alpha value is -3.49. The minimum atomic E-state index is -5.15. The lowest BCUT2D eigenvalue weighted by molar-refractivity contribution is -0.220. The first-order chi connectivity index (χ1) is 30.4. The Morgan fingerprint density at radius 3 is 1.37 bits per heavy atom. The first-order valence-corrected chi connectivity index (χ1v) is 24.2. The molecule has 0 aromatic heterocycles. The summed E-state index contributed by atoms with van der Waals surface area (Å²) in [7, 11) is -5.15. The van der Waals surface area contributed by atoms with Gasteiger partial charge in [-0.2, -0.15) is 0 Å². The van der Waals surface area contributed by atoms with Gasteiger partial charge in [-0.3, -0.25) is 18.6 Å². The van der Waals surface area contributed by atoms with E-state index >= 15 is 0 Å². The topological polar surface area (TPSA) is 210 Å². The number of unbranched alkanes of at least 4 members (excludes halogenated alkanes) is 5. The van der Waals surface area contributed by atoms with E-state index in [0.717, 1.165) is 83.5 Å². The van der Waals surface area contributed by atoms with Gasteiger partial charge in [0.05, 0.1) is 6.61 Å². The average molecular weight is 905 g/mol. The van der Waals surface area contributed by atoms with E-state index in [0.29, 0.717) is 19.3 Å². The van der Waals surface area contributed by atoms with Gasteiger partial charge in [0.1, 0.15) is 43.2 Å². The molecule has 1 fully saturated rings. The Morgan fingerprint density at radius 2 is 0.889 bits per heavy atom. The minimum absolute atomic E-state index is 0.0308. The summed E-state index contributed by atoms with van der Waals surface area (Å²) in [5.74, 6) is -1.23. The lowest BCUT2D eigenvalue weighted by Crippen LogP contribution is -2.64. The summed E-state index contributed by atoms with van der Waals surface area (Å²) >= 11 is 0. The van der Waals surface area contributed by atoms with E-state index < -0.39 is 75.7 Å². The van der Waals surface area contributed by atoms with Crippen molar-refractivity contribution in [3.8, 4) is 0 Å². The first-order valence-electron chi connectivity index (χ1n) is 22.7. The average Bonchev–Trinajstić information content (AvgIpc) is 3.26. The molecular formula is C49H77O13P. The van der Waals surface area contributed by atoms with Crippen LogP contribution >= 0.6 is 7.82 Å². The standard InChI is InChI=1S/C49H77O13P/c1-3-5-7-9-11-13-15-17-19-20-21-22-24-25-27-29-31-33-35-37-42(50)59-39-41(40-60-63(57,58)62-49-47(55)45(53)44(52)46(54)48(49)56)61-43(51)38-36-34-32-30-28-26-23-18-16-14-12-10-8-6-4-2/h5-8,11-14,17-19,21-23,25,27,31,33,41,44-49,52-56H,3-4,9-10,15-16,20,24,26,28-30,32,34-40H2,1-2H3,(H,57,58)/b7-5+,8-6+,13-11+,14-12+,19-17+,22-21+,23-18+,27-25+,33-31+/t41-,44?,45-,46?,47?,48?,49?/m0/s1. The van der Waals surface area contributed by atoms with Crippen LogP contribution in [0.1, 0.15) is 129 Å². The van der Waals surface area contributed by atoms with Gasteiger partial charge in [-0.25, -0.2) is 4.57 Å². The maximum absolute atomic E-state index is 12.8. The lowest BCUT2D eigenvalue weighted by Gasteiger charge is -2.41. The van der Waals surface area contributed by atoms with Crippen molar-refractivity contribution in [1.82, 2.24) is 0 Å². The van der Waals surface area contributed by atoms with Gasteiger partial charge in [-0.15, -0.1) is 0 Å². The molecule has 0 radical (unpaired) electrons. The zero-order valence-corrected chi connectivity index (χ0v) is 38.5. The molecule has 0 bridgehead atoms. The minimum Gasteiger partial charge on any atom is -0.462 e. The van der Waals surface area contributed by atoms with Crippen LogP contribution in [0.3, 0.4) is 0 Å². The normalized spacial score (nSPS) is 22.7. The number of esters is 2. The molecule has 6 unspecified atom stereocenters. The maximum atomic E-state index is 12.8. The highest BCUT2D eigenvalue weighted by atomic mass is 31.2. The van der Waals surface area contributed by atoms with Crippen LogP contribution < -0.4 is 0 Å². The monoisotopic (exact) mass is 905 g/mol. The van der Waals surface area contributed by atoms with Crippen LogP contribution in [-0.4, -0.2) is 98.3 Å². The van der Waals surface area contributed by atoms with Crippen LogP contribution in [0.5, 0.6) is 0 Å². The summed E-state index contributed by atoms with van der Waals surface area (Å²) in [4.78, 5) is 35.7. The third kappa shape index (κ3) is 30.3. The molecule has 1 saturated carbocycles. The molecule has 1 rings (SSSR count). The zero-order chi connectivity index (χ0) is 46.4. The Labute approximate surface area is 376 Å². The van der Waals surface area contributed by atoms with Crippen LogP contribution in [-0.2, 0) is 32.7 Å². The number of hydrogen-bond donors (Lipinski definition) is 6. The Morgan fingerprint density at radius 1 is 0.492 bits per heavy atom. The molecular weight excluding hydrogens is 827 g/mol. The van der Waals surface area contributed by atoms with Crippen LogP contribution in [0.15, 0.2) is 109 Å². The van der Waals surface area contributed by atoms with Crippen molar-refractivity contribution in [2.24, 2.45) is 0 Å². The molecule has 0 amide bonds. The third-order valence-corrected chi connectivity index (χ3v) is 10.6. The number of hydrogen-bond acceptors (Lipinski definition) is 12. The Kier molecular flexibility index (Phi) is 34.6. The fourth-order valence-electron chi connectivity index (χ4n) is 6.03. The van der Waals surface area contributed by atoms with Crippen molar-refractivity contribution in [1.29, 1.82) is 0 Å². The van der Waals surface area contributed by atoms with E-state index in [9.17, 15) is 44.6 Å². The largest absolute Gasteiger partial charge is 0.472 e. The number of allylic oxidation sites excluding steroid dienone is 18. The van der Waals surface area contributed by atoms with Gasteiger partial charge in [0.15, 0.2) is 6.10 Å². The number of ether oxygens (including phenoxy) is 2. The molecule has 356 valence electrons. The molecule has 0 heterocycles. The molecule has 14 heteroatoms. The smallest absolute Gasteiger partial charge is 0.462 e. The summed E-state index contributed by atoms with van der Waals surface area (Å²) in [6, 6.07) is 0. The summed E-state index contributed by atoms with van der Waals surface area (Å²) in [6.07, 6.45) is 38.7. The van der Waals surface area contributed by atoms with Gasteiger partial charge in [-0.1, -0.05) is 142 Å². The van der Waals surface area contributed by atoms with Crippen LogP contribution in [0.4, 0.5) is 0 Å². The zero-order valence-electron chi connectivity index (χ0n) is 37.6. The fourth-order valence-corrected chi connectivity index (χ4v) is 7.00. The SMILES string of the molecule is CC/C=C/C/C=C/C/C=C/C/C=C/C/C=C/C/C=C/CCC(=O)OC[C@@H](COP(=O)(O)OC1C(O)C(O)C(O)[C@H](O)C1O)OC(=O)CCCCCCC/C=C/C/C=C/C/C=C/CC. The van der Waals surface area contributed by atoms with Crippen molar-refractivity contribution >= 4 is 19.8 Å².